The van der Waals surface area contributed by atoms with Gasteiger partial charge in [0.15, 0.2) is 0 Å². The number of fused-ring (bicyclic) bond motifs is 1. The van der Waals surface area contributed by atoms with E-state index in [1.54, 1.807) is 24.2 Å². The van der Waals surface area contributed by atoms with Crippen molar-refractivity contribution in [2.24, 2.45) is 0 Å². The monoisotopic (exact) mass is 153 g/mol. The van der Waals surface area contributed by atoms with Gasteiger partial charge in [-0.1, -0.05) is 11.8 Å². The van der Waals surface area contributed by atoms with Crippen molar-refractivity contribution in [1.29, 1.82) is 0 Å². The molecule has 2 rings (SSSR count). The van der Waals surface area contributed by atoms with Gasteiger partial charge < -0.3 is 5.32 Å². The molecule has 3 nitrogen and oxygen atoms in total. The molecule has 1 aliphatic heterocycles. The second kappa shape index (κ2) is 2.12. The number of rotatable bonds is 0. The van der Waals surface area contributed by atoms with E-state index in [9.17, 15) is 0 Å². The lowest BCUT2D eigenvalue weighted by atomic mass is 10.5. The highest BCUT2D eigenvalue weighted by Gasteiger charge is 2.16. The summed E-state index contributed by atoms with van der Waals surface area (Å²) in [5.41, 5.74) is 1.10. The quantitative estimate of drug-likeness (QED) is 0.610. The van der Waals surface area contributed by atoms with Crippen LogP contribution in [0.3, 0.4) is 0 Å². The molecule has 0 aromatic carbocycles. The van der Waals surface area contributed by atoms with Crippen LogP contribution in [0.5, 0.6) is 0 Å². The van der Waals surface area contributed by atoms with Crippen LogP contribution in [0.1, 0.15) is 6.92 Å². The summed E-state index contributed by atoms with van der Waals surface area (Å²) in [5.74, 6) is 0. The number of hydrogen-bond acceptors (Lipinski definition) is 4. The van der Waals surface area contributed by atoms with Gasteiger partial charge in [0.05, 0.1) is 28.4 Å². The summed E-state index contributed by atoms with van der Waals surface area (Å²) >= 11 is 1.78. The number of hydrogen-bond donors (Lipinski definition) is 1. The van der Waals surface area contributed by atoms with Gasteiger partial charge in [0.1, 0.15) is 0 Å². The van der Waals surface area contributed by atoms with Crippen molar-refractivity contribution >= 4 is 17.4 Å². The van der Waals surface area contributed by atoms with Crippen LogP contribution >= 0.6 is 11.8 Å². The fraction of sp³-hybridized carbons (Fsp3) is 0.333. The van der Waals surface area contributed by atoms with E-state index in [0.29, 0.717) is 5.37 Å². The normalized spacial score (nSPS) is 21.9. The molecule has 2 heterocycles. The van der Waals surface area contributed by atoms with E-state index >= 15 is 0 Å². The van der Waals surface area contributed by atoms with E-state index in [2.05, 4.69) is 22.4 Å². The SMILES string of the molecule is CC1Nc2cnncc2S1. The molecule has 0 spiro atoms. The Balaban J connectivity index is 2.42. The lowest BCUT2D eigenvalue weighted by molar-refractivity contribution is 0.999. The number of thioether (sulfide) groups is 1. The third-order valence-electron chi connectivity index (χ3n) is 1.36. The molecule has 4 heteroatoms. The summed E-state index contributed by atoms with van der Waals surface area (Å²) in [7, 11) is 0. The van der Waals surface area contributed by atoms with Gasteiger partial charge in [-0.2, -0.15) is 10.2 Å². The van der Waals surface area contributed by atoms with Gasteiger partial charge in [0.25, 0.3) is 0 Å². The van der Waals surface area contributed by atoms with E-state index in [0.717, 1.165) is 5.69 Å². The van der Waals surface area contributed by atoms with Crippen molar-refractivity contribution in [3.63, 3.8) is 0 Å². The molecule has 0 saturated heterocycles. The second-order valence-electron chi connectivity index (χ2n) is 2.17. The van der Waals surface area contributed by atoms with Crippen LogP contribution in [0, 0.1) is 0 Å². The zero-order chi connectivity index (χ0) is 6.97. The highest BCUT2D eigenvalue weighted by Crippen LogP contribution is 2.36. The summed E-state index contributed by atoms with van der Waals surface area (Å²) in [6.07, 6.45) is 3.54. The number of aromatic nitrogens is 2. The minimum absolute atomic E-state index is 0.459. The van der Waals surface area contributed by atoms with Gasteiger partial charge >= 0.3 is 0 Å². The predicted octanol–water partition coefficient (Wildman–Crippen LogP) is 1.34. The predicted molar refractivity (Wildman–Crippen MR) is 41.0 cm³/mol. The highest BCUT2D eigenvalue weighted by molar-refractivity contribution is 8.00. The molecule has 0 saturated carbocycles. The van der Waals surface area contributed by atoms with E-state index in [1.807, 2.05) is 0 Å². The minimum Gasteiger partial charge on any atom is -0.371 e. The van der Waals surface area contributed by atoms with Crippen molar-refractivity contribution in [1.82, 2.24) is 10.2 Å². The molecular weight excluding hydrogens is 146 g/mol. The maximum absolute atomic E-state index is 3.78. The largest absolute Gasteiger partial charge is 0.371 e. The molecule has 0 radical (unpaired) electrons. The van der Waals surface area contributed by atoms with Gasteiger partial charge in [0, 0.05) is 0 Å². The van der Waals surface area contributed by atoms with Gasteiger partial charge in [-0.3, -0.25) is 0 Å². The zero-order valence-electron chi connectivity index (χ0n) is 5.53. The highest BCUT2D eigenvalue weighted by atomic mass is 32.2. The third kappa shape index (κ3) is 0.844. The van der Waals surface area contributed by atoms with Crippen molar-refractivity contribution in [2.45, 2.75) is 17.2 Å². The van der Waals surface area contributed by atoms with Crippen molar-refractivity contribution < 1.29 is 0 Å². The Morgan fingerprint density at radius 1 is 1.50 bits per heavy atom. The average Bonchev–Trinajstić information content (AvgIpc) is 2.27. The first kappa shape index (κ1) is 5.97. The van der Waals surface area contributed by atoms with E-state index in [1.165, 1.54) is 4.90 Å². The molecule has 0 bridgehead atoms. The lowest BCUT2D eigenvalue weighted by Gasteiger charge is -1.98. The fourth-order valence-corrected chi connectivity index (χ4v) is 1.86. The first-order valence-corrected chi connectivity index (χ1v) is 3.98. The van der Waals surface area contributed by atoms with E-state index < -0.39 is 0 Å². The van der Waals surface area contributed by atoms with E-state index in [-0.39, 0.29) is 0 Å². The Morgan fingerprint density at radius 2 is 2.30 bits per heavy atom. The number of anilines is 1. The third-order valence-corrected chi connectivity index (χ3v) is 2.41. The van der Waals surface area contributed by atoms with Crippen molar-refractivity contribution in [3.8, 4) is 0 Å². The van der Waals surface area contributed by atoms with Crippen LogP contribution in [-0.2, 0) is 0 Å². The Labute approximate surface area is 63.2 Å². The molecular formula is C6H7N3S. The molecule has 0 fully saturated rings. The summed E-state index contributed by atoms with van der Waals surface area (Å²) in [6, 6.07) is 0. The average molecular weight is 153 g/mol. The maximum Gasteiger partial charge on any atom is 0.0742 e. The van der Waals surface area contributed by atoms with Crippen LogP contribution in [-0.4, -0.2) is 15.6 Å². The molecule has 1 atom stereocenters. The Hall–Kier alpha value is -0.770. The van der Waals surface area contributed by atoms with Crippen LogP contribution < -0.4 is 5.32 Å². The van der Waals surface area contributed by atoms with Gasteiger partial charge in [-0.25, -0.2) is 0 Å². The topological polar surface area (TPSA) is 37.8 Å². The molecule has 1 unspecified atom stereocenters. The fourth-order valence-electron chi connectivity index (χ4n) is 0.951. The molecule has 0 aliphatic carbocycles. The lowest BCUT2D eigenvalue weighted by Crippen LogP contribution is -2.02. The smallest absolute Gasteiger partial charge is 0.0742 e. The van der Waals surface area contributed by atoms with Crippen molar-refractivity contribution in [2.75, 3.05) is 5.32 Å². The first-order valence-electron chi connectivity index (χ1n) is 3.10. The summed E-state index contributed by atoms with van der Waals surface area (Å²) < 4.78 is 0. The molecule has 1 aromatic rings. The van der Waals surface area contributed by atoms with Crippen LogP contribution in [0.2, 0.25) is 0 Å². The molecule has 52 valence electrons. The zero-order valence-corrected chi connectivity index (χ0v) is 6.35. The first-order chi connectivity index (χ1) is 4.86. The molecule has 1 N–H and O–H groups in total. The van der Waals surface area contributed by atoms with Gasteiger partial charge in [0.2, 0.25) is 0 Å². The number of nitrogens with one attached hydrogen (secondary N) is 1. The Kier molecular flexibility index (Phi) is 1.27. The summed E-state index contributed by atoms with van der Waals surface area (Å²) in [6.45, 7) is 2.12. The van der Waals surface area contributed by atoms with Gasteiger partial charge in [-0.05, 0) is 6.92 Å². The Bertz CT molecular complexity index is 226. The maximum atomic E-state index is 3.78. The second-order valence-corrected chi connectivity index (χ2v) is 3.55. The molecule has 0 amide bonds. The van der Waals surface area contributed by atoms with Crippen LogP contribution in [0.15, 0.2) is 17.3 Å². The standard InChI is InChI=1S/C6H7N3S/c1-4-9-5-2-7-8-3-6(5)10-4/h2-4,9H,1H3. The van der Waals surface area contributed by atoms with Crippen molar-refractivity contribution in [3.05, 3.63) is 12.4 Å². The molecule has 1 aromatic heterocycles. The molecule has 10 heavy (non-hydrogen) atoms. The Morgan fingerprint density at radius 3 is 3.10 bits per heavy atom. The van der Waals surface area contributed by atoms with E-state index in [4.69, 9.17) is 0 Å². The minimum atomic E-state index is 0.459. The van der Waals surface area contributed by atoms with Crippen LogP contribution in [0.25, 0.3) is 0 Å². The molecule has 1 aliphatic rings. The number of nitrogens with zero attached hydrogens (tertiary/aromatic N) is 2. The summed E-state index contributed by atoms with van der Waals surface area (Å²) in [4.78, 5) is 1.20. The van der Waals surface area contributed by atoms with Gasteiger partial charge in [-0.15, -0.1) is 0 Å². The van der Waals surface area contributed by atoms with Crippen LogP contribution in [0.4, 0.5) is 5.69 Å². The summed E-state index contributed by atoms with van der Waals surface area (Å²) in [5, 5.41) is 11.3.